The Hall–Kier alpha value is -1.38. The first-order chi connectivity index (χ1) is 7.15. The van der Waals surface area contributed by atoms with Crippen molar-refractivity contribution in [2.24, 2.45) is 5.92 Å². The van der Waals surface area contributed by atoms with Crippen molar-refractivity contribution in [1.29, 1.82) is 0 Å². The number of carbonyl (C=O) groups excluding carboxylic acids is 1. The van der Waals surface area contributed by atoms with Gasteiger partial charge in [0.2, 0.25) is 0 Å². The number of ether oxygens (including phenoxy) is 1. The maximum absolute atomic E-state index is 11.8. The average molecular weight is 207 g/mol. The molecular formula is C12H17NO2. The SMILES string of the molecule is COc1cccnc1C(=O)CCC(C)C. The van der Waals surface area contributed by atoms with Crippen molar-refractivity contribution < 1.29 is 9.53 Å². The van der Waals surface area contributed by atoms with Crippen LogP contribution in [0.1, 0.15) is 37.2 Å². The Balaban J connectivity index is 2.72. The maximum atomic E-state index is 11.8. The van der Waals surface area contributed by atoms with E-state index in [9.17, 15) is 4.79 Å². The molecule has 0 spiro atoms. The summed E-state index contributed by atoms with van der Waals surface area (Å²) in [6, 6.07) is 3.52. The lowest BCUT2D eigenvalue weighted by Crippen LogP contribution is -2.06. The third-order valence-corrected chi connectivity index (χ3v) is 2.20. The standard InChI is InChI=1S/C12H17NO2/c1-9(2)6-7-10(14)12-11(15-3)5-4-8-13-12/h4-5,8-9H,6-7H2,1-3H3. The van der Waals surface area contributed by atoms with Gasteiger partial charge in [0, 0.05) is 12.6 Å². The number of ketones is 1. The summed E-state index contributed by atoms with van der Waals surface area (Å²) in [5.74, 6) is 1.15. The Morgan fingerprint density at radius 1 is 1.53 bits per heavy atom. The van der Waals surface area contributed by atoms with Gasteiger partial charge in [-0.25, -0.2) is 4.98 Å². The maximum Gasteiger partial charge on any atom is 0.184 e. The van der Waals surface area contributed by atoms with Gasteiger partial charge in [-0.15, -0.1) is 0 Å². The molecule has 0 bridgehead atoms. The van der Waals surface area contributed by atoms with E-state index < -0.39 is 0 Å². The van der Waals surface area contributed by atoms with E-state index in [0.717, 1.165) is 6.42 Å². The largest absolute Gasteiger partial charge is 0.494 e. The van der Waals surface area contributed by atoms with Crippen LogP contribution in [-0.2, 0) is 0 Å². The Kier molecular flexibility index (Phi) is 4.28. The molecule has 0 aliphatic rings. The molecule has 1 aromatic heterocycles. The molecule has 0 radical (unpaired) electrons. The van der Waals surface area contributed by atoms with Crippen LogP contribution in [0, 0.1) is 5.92 Å². The van der Waals surface area contributed by atoms with Crippen molar-refractivity contribution in [3.63, 3.8) is 0 Å². The monoisotopic (exact) mass is 207 g/mol. The number of pyridine rings is 1. The summed E-state index contributed by atoms with van der Waals surface area (Å²) in [7, 11) is 1.55. The highest BCUT2D eigenvalue weighted by Crippen LogP contribution is 2.18. The van der Waals surface area contributed by atoms with Gasteiger partial charge in [-0.1, -0.05) is 13.8 Å². The van der Waals surface area contributed by atoms with Crippen LogP contribution in [0.4, 0.5) is 0 Å². The Labute approximate surface area is 90.5 Å². The molecule has 0 atom stereocenters. The molecule has 3 nitrogen and oxygen atoms in total. The fourth-order valence-electron chi connectivity index (χ4n) is 1.30. The number of methoxy groups -OCH3 is 1. The summed E-state index contributed by atoms with van der Waals surface area (Å²) in [5, 5.41) is 0. The predicted molar refractivity (Wildman–Crippen MR) is 59.2 cm³/mol. The zero-order valence-corrected chi connectivity index (χ0v) is 9.49. The third-order valence-electron chi connectivity index (χ3n) is 2.20. The van der Waals surface area contributed by atoms with Gasteiger partial charge < -0.3 is 4.74 Å². The van der Waals surface area contributed by atoms with E-state index >= 15 is 0 Å². The van der Waals surface area contributed by atoms with Gasteiger partial charge >= 0.3 is 0 Å². The lowest BCUT2D eigenvalue weighted by atomic mass is 10.0. The molecule has 0 saturated heterocycles. The van der Waals surface area contributed by atoms with Crippen LogP contribution in [0.25, 0.3) is 0 Å². The number of nitrogens with zero attached hydrogens (tertiary/aromatic N) is 1. The summed E-state index contributed by atoms with van der Waals surface area (Å²) in [5.41, 5.74) is 0.445. The van der Waals surface area contributed by atoms with Crippen LogP contribution in [0.3, 0.4) is 0 Å². The average Bonchev–Trinajstić information content (AvgIpc) is 2.25. The summed E-state index contributed by atoms with van der Waals surface area (Å²) in [4.78, 5) is 15.8. The number of aromatic nitrogens is 1. The van der Waals surface area contributed by atoms with Gasteiger partial charge in [0.1, 0.15) is 11.4 Å². The molecular weight excluding hydrogens is 190 g/mol. The number of hydrogen-bond acceptors (Lipinski definition) is 3. The molecule has 0 aliphatic heterocycles. The molecule has 0 aliphatic carbocycles. The molecule has 0 N–H and O–H groups in total. The molecule has 1 rings (SSSR count). The van der Waals surface area contributed by atoms with Gasteiger partial charge in [-0.2, -0.15) is 0 Å². The molecule has 0 aromatic carbocycles. The second kappa shape index (κ2) is 5.49. The predicted octanol–water partition coefficient (Wildman–Crippen LogP) is 2.71. The van der Waals surface area contributed by atoms with E-state index in [4.69, 9.17) is 4.74 Å². The topological polar surface area (TPSA) is 39.2 Å². The third kappa shape index (κ3) is 3.35. The number of rotatable bonds is 5. The van der Waals surface area contributed by atoms with Crippen molar-refractivity contribution >= 4 is 5.78 Å². The Morgan fingerprint density at radius 2 is 2.27 bits per heavy atom. The van der Waals surface area contributed by atoms with Crippen LogP contribution >= 0.6 is 0 Å². The molecule has 3 heteroatoms. The normalized spacial score (nSPS) is 10.4. The fraction of sp³-hybridized carbons (Fsp3) is 0.500. The minimum Gasteiger partial charge on any atom is -0.494 e. The van der Waals surface area contributed by atoms with Gasteiger partial charge in [-0.3, -0.25) is 4.79 Å². The minimum absolute atomic E-state index is 0.0566. The number of hydrogen-bond donors (Lipinski definition) is 0. The lowest BCUT2D eigenvalue weighted by Gasteiger charge is -2.06. The van der Waals surface area contributed by atoms with Crippen LogP contribution in [0.2, 0.25) is 0 Å². The first kappa shape index (κ1) is 11.7. The zero-order chi connectivity index (χ0) is 11.3. The zero-order valence-electron chi connectivity index (χ0n) is 9.49. The smallest absolute Gasteiger partial charge is 0.184 e. The van der Waals surface area contributed by atoms with Crippen LogP contribution in [-0.4, -0.2) is 17.9 Å². The van der Waals surface area contributed by atoms with Crippen molar-refractivity contribution in [2.75, 3.05) is 7.11 Å². The second-order valence-corrected chi connectivity index (χ2v) is 3.91. The molecule has 1 heterocycles. The highest BCUT2D eigenvalue weighted by atomic mass is 16.5. The first-order valence-electron chi connectivity index (χ1n) is 5.17. The highest BCUT2D eigenvalue weighted by Gasteiger charge is 2.13. The molecule has 0 amide bonds. The second-order valence-electron chi connectivity index (χ2n) is 3.91. The van der Waals surface area contributed by atoms with Gasteiger partial charge in [0.05, 0.1) is 7.11 Å². The van der Waals surface area contributed by atoms with Crippen molar-refractivity contribution in [1.82, 2.24) is 4.98 Å². The Bertz CT molecular complexity index is 334. The molecule has 1 aromatic rings. The molecule has 82 valence electrons. The quantitative estimate of drug-likeness (QED) is 0.697. The van der Waals surface area contributed by atoms with Crippen LogP contribution < -0.4 is 4.74 Å². The van der Waals surface area contributed by atoms with Crippen molar-refractivity contribution in [2.45, 2.75) is 26.7 Å². The molecule has 15 heavy (non-hydrogen) atoms. The van der Waals surface area contributed by atoms with Crippen molar-refractivity contribution in [3.05, 3.63) is 24.0 Å². The van der Waals surface area contributed by atoms with Gasteiger partial charge in [0.15, 0.2) is 5.78 Å². The minimum atomic E-state index is 0.0566. The van der Waals surface area contributed by atoms with E-state index in [1.54, 1.807) is 25.4 Å². The molecule has 0 fully saturated rings. The first-order valence-corrected chi connectivity index (χ1v) is 5.17. The van der Waals surface area contributed by atoms with E-state index in [2.05, 4.69) is 18.8 Å². The lowest BCUT2D eigenvalue weighted by molar-refractivity contribution is 0.0967. The van der Waals surface area contributed by atoms with E-state index in [0.29, 0.717) is 23.8 Å². The van der Waals surface area contributed by atoms with E-state index in [-0.39, 0.29) is 5.78 Å². The number of carbonyl (C=O) groups is 1. The van der Waals surface area contributed by atoms with Crippen LogP contribution in [0.5, 0.6) is 5.75 Å². The van der Waals surface area contributed by atoms with Crippen LogP contribution in [0.15, 0.2) is 18.3 Å². The Morgan fingerprint density at radius 3 is 2.87 bits per heavy atom. The van der Waals surface area contributed by atoms with Gasteiger partial charge in [0.25, 0.3) is 0 Å². The van der Waals surface area contributed by atoms with E-state index in [1.807, 2.05) is 0 Å². The molecule has 0 saturated carbocycles. The summed E-state index contributed by atoms with van der Waals surface area (Å²) >= 11 is 0. The fourth-order valence-corrected chi connectivity index (χ4v) is 1.30. The highest BCUT2D eigenvalue weighted by molar-refractivity contribution is 5.96. The van der Waals surface area contributed by atoms with Gasteiger partial charge in [-0.05, 0) is 24.5 Å². The molecule has 0 unspecified atom stereocenters. The van der Waals surface area contributed by atoms with E-state index in [1.165, 1.54) is 0 Å². The summed E-state index contributed by atoms with van der Waals surface area (Å²) in [6.07, 6.45) is 3.04. The summed E-state index contributed by atoms with van der Waals surface area (Å²) in [6.45, 7) is 4.20. The van der Waals surface area contributed by atoms with Crippen molar-refractivity contribution in [3.8, 4) is 5.75 Å². The summed E-state index contributed by atoms with van der Waals surface area (Å²) < 4.78 is 5.09. The number of Topliss-reactive ketones (excluding diaryl/α,β-unsaturated/α-hetero) is 1.